The SMILES string of the molecule is CCOc1cnc(NC(=O)N(C)[C@H]2CN(c3cc(NC(=O)O[C@@H]4CCNC[C@@H]4N)ccn3)CCC2(F)F)cn1. The number of carbonyl (C=O) groups is 2. The summed E-state index contributed by atoms with van der Waals surface area (Å²) in [6, 6.07) is 0.620. The first kappa shape index (κ1) is 28.2. The van der Waals surface area contributed by atoms with Crippen LogP contribution in [0.25, 0.3) is 0 Å². The van der Waals surface area contributed by atoms with Crippen molar-refractivity contribution in [3.8, 4) is 5.88 Å². The number of nitrogens with one attached hydrogen (secondary N) is 3. The molecule has 2 aliphatic heterocycles. The van der Waals surface area contributed by atoms with Gasteiger partial charge in [-0.15, -0.1) is 0 Å². The van der Waals surface area contributed by atoms with E-state index in [4.69, 9.17) is 15.2 Å². The van der Waals surface area contributed by atoms with Crippen LogP contribution in [0.3, 0.4) is 0 Å². The van der Waals surface area contributed by atoms with Crippen molar-refractivity contribution in [1.82, 2.24) is 25.2 Å². The molecule has 2 aliphatic rings. The summed E-state index contributed by atoms with van der Waals surface area (Å²) < 4.78 is 40.6. The molecule has 3 atom stereocenters. The second kappa shape index (κ2) is 12.3. The predicted molar refractivity (Wildman–Crippen MR) is 139 cm³/mol. The molecule has 0 bridgehead atoms. The van der Waals surface area contributed by atoms with Crippen LogP contribution in [0, 0.1) is 0 Å². The minimum Gasteiger partial charge on any atom is -0.477 e. The van der Waals surface area contributed by atoms with Crippen LogP contribution in [0.15, 0.2) is 30.7 Å². The zero-order chi connectivity index (χ0) is 28.0. The fourth-order valence-corrected chi connectivity index (χ4v) is 4.40. The highest BCUT2D eigenvalue weighted by Crippen LogP contribution is 2.34. The smallest absolute Gasteiger partial charge is 0.411 e. The van der Waals surface area contributed by atoms with Gasteiger partial charge in [-0.3, -0.25) is 10.6 Å². The molecule has 5 N–H and O–H groups in total. The molecular weight excluding hydrogens is 516 g/mol. The van der Waals surface area contributed by atoms with Gasteiger partial charge in [0, 0.05) is 51.1 Å². The molecule has 4 rings (SSSR count). The Labute approximate surface area is 224 Å². The van der Waals surface area contributed by atoms with E-state index in [1.165, 1.54) is 25.6 Å². The van der Waals surface area contributed by atoms with Crippen LogP contribution in [-0.4, -0.2) is 95.9 Å². The number of alkyl halides is 2. The molecule has 0 saturated carbocycles. The molecule has 2 aromatic rings. The summed E-state index contributed by atoms with van der Waals surface area (Å²) in [6.07, 6.45) is 3.12. The van der Waals surface area contributed by atoms with Crippen LogP contribution in [0.2, 0.25) is 0 Å². The van der Waals surface area contributed by atoms with Crippen molar-refractivity contribution in [2.24, 2.45) is 5.73 Å². The van der Waals surface area contributed by atoms with Gasteiger partial charge in [0.2, 0.25) is 5.88 Å². The molecule has 0 spiro atoms. The molecule has 2 saturated heterocycles. The van der Waals surface area contributed by atoms with Gasteiger partial charge in [0.25, 0.3) is 5.92 Å². The summed E-state index contributed by atoms with van der Waals surface area (Å²) in [7, 11) is 1.30. The Morgan fingerprint density at radius 2 is 2.10 bits per heavy atom. The maximum Gasteiger partial charge on any atom is 0.411 e. The Morgan fingerprint density at radius 3 is 2.82 bits per heavy atom. The fraction of sp³-hybridized carbons (Fsp3) is 0.542. The summed E-state index contributed by atoms with van der Waals surface area (Å²) in [6.45, 7) is 3.28. The molecule has 3 amide bonds. The van der Waals surface area contributed by atoms with E-state index in [0.29, 0.717) is 37.6 Å². The van der Waals surface area contributed by atoms with E-state index in [1.54, 1.807) is 24.0 Å². The van der Waals surface area contributed by atoms with Gasteiger partial charge in [0.15, 0.2) is 5.82 Å². The van der Waals surface area contributed by atoms with Gasteiger partial charge in [-0.1, -0.05) is 0 Å². The second-order valence-electron chi connectivity index (χ2n) is 9.31. The largest absolute Gasteiger partial charge is 0.477 e. The molecule has 2 fully saturated rings. The lowest BCUT2D eigenvalue weighted by molar-refractivity contribution is -0.0759. The number of piperidine rings is 2. The highest BCUT2D eigenvalue weighted by atomic mass is 19.3. The highest BCUT2D eigenvalue weighted by molar-refractivity contribution is 5.88. The first-order valence-corrected chi connectivity index (χ1v) is 12.7. The van der Waals surface area contributed by atoms with E-state index < -0.39 is 36.6 Å². The van der Waals surface area contributed by atoms with Gasteiger partial charge in [-0.2, -0.15) is 0 Å². The van der Waals surface area contributed by atoms with Crippen molar-refractivity contribution in [3.05, 3.63) is 30.7 Å². The number of ether oxygens (including phenoxy) is 2. The summed E-state index contributed by atoms with van der Waals surface area (Å²) in [5.74, 6) is -2.38. The van der Waals surface area contributed by atoms with Gasteiger partial charge >= 0.3 is 12.1 Å². The molecule has 0 radical (unpaired) electrons. The summed E-state index contributed by atoms with van der Waals surface area (Å²) >= 11 is 0. The number of rotatable bonds is 7. The third-order valence-electron chi connectivity index (χ3n) is 6.58. The van der Waals surface area contributed by atoms with Gasteiger partial charge in [-0.05, 0) is 26.0 Å². The Hall–Kier alpha value is -3.85. The number of nitrogens with two attached hydrogens (primary N) is 1. The molecule has 4 heterocycles. The fourth-order valence-electron chi connectivity index (χ4n) is 4.40. The number of amides is 3. The van der Waals surface area contributed by atoms with Crippen LogP contribution in [0.4, 0.5) is 35.7 Å². The lowest BCUT2D eigenvalue weighted by atomic mass is 9.99. The number of aromatic nitrogens is 3. The molecule has 39 heavy (non-hydrogen) atoms. The maximum absolute atomic E-state index is 14.9. The Kier molecular flexibility index (Phi) is 8.91. The third kappa shape index (κ3) is 7.17. The van der Waals surface area contributed by atoms with Crippen molar-refractivity contribution in [2.45, 2.75) is 43.9 Å². The van der Waals surface area contributed by atoms with Crippen LogP contribution in [0.5, 0.6) is 5.88 Å². The minimum atomic E-state index is -3.14. The van der Waals surface area contributed by atoms with Crippen LogP contribution >= 0.6 is 0 Å². The number of nitrogens with zero attached hydrogens (tertiary/aromatic N) is 5. The van der Waals surface area contributed by atoms with Crippen molar-refractivity contribution in [1.29, 1.82) is 0 Å². The Morgan fingerprint density at radius 1 is 1.28 bits per heavy atom. The molecule has 212 valence electrons. The zero-order valence-corrected chi connectivity index (χ0v) is 21.8. The first-order chi connectivity index (χ1) is 18.7. The molecule has 15 heteroatoms. The summed E-state index contributed by atoms with van der Waals surface area (Å²) in [4.78, 5) is 40.1. The number of halogens is 2. The minimum absolute atomic E-state index is 0.00809. The number of carbonyl (C=O) groups excluding carboxylic acids is 2. The van der Waals surface area contributed by atoms with Crippen LogP contribution < -0.4 is 31.3 Å². The van der Waals surface area contributed by atoms with E-state index in [9.17, 15) is 18.4 Å². The summed E-state index contributed by atoms with van der Waals surface area (Å²) in [5.41, 5.74) is 6.38. The van der Waals surface area contributed by atoms with E-state index in [2.05, 4.69) is 30.9 Å². The van der Waals surface area contributed by atoms with Gasteiger partial charge in [0.1, 0.15) is 18.0 Å². The standard InChI is InChI=1S/C24H33F2N9O4/c1-3-38-21-13-30-19(12-31-21)33-22(36)34(2)18-14-35(9-6-24(18,25)26)20-10-15(4-8-29-20)32-23(37)39-17-5-7-28-11-16(17)27/h4,8,10,12-13,16-18,28H,3,5-7,9,11,14,27H2,1-2H3,(H,29,32,37)(H,30,33,36)/t16-,17+,18-/m0/s1. The molecule has 0 aliphatic carbocycles. The highest BCUT2D eigenvalue weighted by Gasteiger charge is 2.48. The lowest BCUT2D eigenvalue weighted by Gasteiger charge is -2.42. The number of likely N-dealkylation sites (N-methyl/N-ethyl adjacent to an activating group) is 1. The average Bonchev–Trinajstić information content (AvgIpc) is 2.91. The predicted octanol–water partition coefficient (Wildman–Crippen LogP) is 1.89. The van der Waals surface area contributed by atoms with Crippen molar-refractivity contribution >= 4 is 29.4 Å². The monoisotopic (exact) mass is 549 g/mol. The van der Waals surface area contributed by atoms with E-state index in [0.717, 1.165) is 4.90 Å². The van der Waals surface area contributed by atoms with Gasteiger partial charge in [0.05, 0.1) is 25.0 Å². The maximum atomic E-state index is 14.9. The molecule has 13 nitrogen and oxygen atoms in total. The van der Waals surface area contributed by atoms with E-state index in [1.807, 2.05) is 0 Å². The number of pyridine rings is 1. The molecule has 0 aromatic carbocycles. The quantitative estimate of drug-likeness (QED) is 0.402. The summed E-state index contributed by atoms with van der Waals surface area (Å²) in [5, 5.41) is 8.26. The number of hydrogen-bond donors (Lipinski definition) is 4. The van der Waals surface area contributed by atoms with Crippen molar-refractivity contribution in [2.75, 3.05) is 55.4 Å². The number of anilines is 3. The lowest BCUT2D eigenvalue weighted by Crippen LogP contribution is -2.60. The van der Waals surface area contributed by atoms with Crippen molar-refractivity contribution < 1.29 is 27.8 Å². The average molecular weight is 550 g/mol. The normalized spacial score (nSPS) is 22.5. The van der Waals surface area contributed by atoms with Gasteiger partial charge in [-0.25, -0.2) is 33.3 Å². The van der Waals surface area contributed by atoms with Gasteiger partial charge < -0.3 is 30.3 Å². The Balaban J connectivity index is 1.39. The van der Waals surface area contributed by atoms with Crippen LogP contribution in [-0.2, 0) is 4.74 Å². The molecule has 0 unspecified atom stereocenters. The zero-order valence-electron chi connectivity index (χ0n) is 21.8. The molecule has 2 aromatic heterocycles. The van der Waals surface area contributed by atoms with E-state index in [-0.39, 0.29) is 30.8 Å². The third-order valence-corrected chi connectivity index (χ3v) is 6.58. The topological polar surface area (TPSA) is 160 Å². The number of hydrogen-bond acceptors (Lipinski definition) is 10. The Bertz CT molecular complexity index is 1140. The second-order valence-corrected chi connectivity index (χ2v) is 9.31. The van der Waals surface area contributed by atoms with Crippen molar-refractivity contribution in [3.63, 3.8) is 0 Å². The molecular formula is C24H33F2N9O4. The first-order valence-electron chi connectivity index (χ1n) is 12.7. The van der Waals surface area contributed by atoms with Crippen LogP contribution in [0.1, 0.15) is 19.8 Å². The number of urea groups is 1. The van der Waals surface area contributed by atoms with E-state index >= 15 is 0 Å².